The van der Waals surface area contributed by atoms with Gasteiger partial charge in [0.25, 0.3) is 0 Å². The molecule has 0 radical (unpaired) electrons. The Hall–Kier alpha value is -4.46. The van der Waals surface area contributed by atoms with Gasteiger partial charge in [-0.15, -0.1) is 0 Å². The number of nitrogens with one attached hydrogen (secondary N) is 1. The standard InChI is InChI=1S/C32H33N3O5/c1-4-40-26-12-8-6-10-22(26)31-30-23(21-9-5-7-11-24(21)33-30)18-25-32(37)34(19-29(36)35(25)31)16-15-20-13-14-27(38-2)28(17-20)39-3/h5-14,17,25,31,33H,4,15-16,18-19H2,1-3H3/t25-,31-/m0/s1. The third-order valence-corrected chi connectivity index (χ3v) is 7.97. The van der Waals surface area contributed by atoms with E-state index >= 15 is 0 Å². The number of carbonyl (C=O) groups is 2. The summed E-state index contributed by atoms with van der Waals surface area (Å²) in [5, 5.41) is 1.08. The highest BCUT2D eigenvalue weighted by molar-refractivity contribution is 5.97. The molecule has 0 unspecified atom stereocenters. The number of piperazine rings is 1. The number of rotatable bonds is 8. The number of fused-ring (bicyclic) bond motifs is 4. The van der Waals surface area contributed by atoms with Crippen LogP contribution in [0, 0.1) is 0 Å². The van der Waals surface area contributed by atoms with Crippen LogP contribution in [0.2, 0.25) is 0 Å². The summed E-state index contributed by atoms with van der Waals surface area (Å²) in [7, 11) is 3.20. The molecular formula is C32H33N3O5. The monoisotopic (exact) mass is 539 g/mol. The molecule has 3 aromatic carbocycles. The zero-order valence-electron chi connectivity index (χ0n) is 23.0. The highest BCUT2D eigenvalue weighted by Gasteiger charge is 2.48. The summed E-state index contributed by atoms with van der Waals surface area (Å²) in [6.45, 7) is 2.92. The molecule has 0 aliphatic carbocycles. The lowest BCUT2D eigenvalue weighted by molar-refractivity contribution is -0.158. The summed E-state index contributed by atoms with van der Waals surface area (Å²) >= 11 is 0. The van der Waals surface area contributed by atoms with Gasteiger partial charge in [0.2, 0.25) is 11.8 Å². The number of hydrogen-bond donors (Lipinski definition) is 1. The molecule has 4 aromatic rings. The SMILES string of the molecule is CCOc1ccccc1[C@H]1c2[nH]c3ccccc3c2C[C@H]2C(=O)N(CCc3ccc(OC)c(OC)c3)CC(=O)N12. The number of hydrogen-bond acceptors (Lipinski definition) is 5. The maximum Gasteiger partial charge on any atom is 0.246 e. The van der Waals surface area contributed by atoms with E-state index < -0.39 is 12.1 Å². The van der Waals surface area contributed by atoms with Crippen molar-refractivity contribution in [3.63, 3.8) is 0 Å². The van der Waals surface area contributed by atoms with Crippen molar-refractivity contribution >= 4 is 22.7 Å². The van der Waals surface area contributed by atoms with Gasteiger partial charge in [0.15, 0.2) is 11.5 Å². The minimum Gasteiger partial charge on any atom is -0.494 e. The highest BCUT2D eigenvalue weighted by atomic mass is 16.5. The largest absolute Gasteiger partial charge is 0.494 e. The van der Waals surface area contributed by atoms with Crippen LogP contribution < -0.4 is 14.2 Å². The Morgan fingerprint density at radius 1 is 0.925 bits per heavy atom. The minimum atomic E-state index is -0.599. The number of aromatic nitrogens is 1. The van der Waals surface area contributed by atoms with Gasteiger partial charge in [-0.2, -0.15) is 0 Å². The smallest absolute Gasteiger partial charge is 0.246 e. The van der Waals surface area contributed by atoms with E-state index in [0.29, 0.717) is 37.5 Å². The van der Waals surface area contributed by atoms with Crippen LogP contribution in [-0.4, -0.2) is 66.6 Å². The second kappa shape index (κ2) is 10.6. The van der Waals surface area contributed by atoms with E-state index in [1.807, 2.05) is 67.6 Å². The average Bonchev–Trinajstić information content (AvgIpc) is 3.36. The lowest BCUT2D eigenvalue weighted by Gasteiger charge is -2.47. The Morgan fingerprint density at radius 2 is 1.70 bits per heavy atom. The van der Waals surface area contributed by atoms with E-state index in [1.165, 1.54) is 0 Å². The zero-order chi connectivity index (χ0) is 27.8. The Labute approximate surface area is 233 Å². The van der Waals surface area contributed by atoms with Crippen LogP contribution in [0.5, 0.6) is 17.2 Å². The van der Waals surface area contributed by atoms with Crippen LogP contribution in [0.25, 0.3) is 10.9 Å². The zero-order valence-corrected chi connectivity index (χ0v) is 23.0. The highest BCUT2D eigenvalue weighted by Crippen LogP contribution is 2.45. The number of amides is 2. The molecule has 1 N–H and O–H groups in total. The fourth-order valence-electron chi connectivity index (χ4n) is 6.13. The van der Waals surface area contributed by atoms with Gasteiger partial charge in [0, 0.05) is 35.1 Å². The third-order valence-electron chi connectivity index (χ3n) is 7.97. The Morgan fingerprint density at radius 3 is 2.50 bits per heavy atom. The van der Waals surface area contributed by atoms with Crippen molar-refractivity contribution in [3.05, 3.63) is 89.1 Å². The van der Waals surface area contributed by atoms with Crippen molar-refractivity contribution in [1.82, 2.24) is 14.8 Å². The fourth-order valence-corrected chi connectivity index (χ4v) is 6.13. The number of benzene rings is 3. The first-order valence-electron chi connectivity index (χ1n) is 13.7. The number of H-pyrrole nitrogens is 1. The summed E-state index contributed by atoms with van der Waals surface area (Å²) < 4.78 is 16.8. The van der Waals surface area contributed by atoms with Gasteiger partial charge in [0.05, 0.1) is 27.4 Å². The molecule has 2 aliphatic heterocycles. The normalized spacial score (nSPS) is 18.5. The molecule has 1 saturated heterocycles. The molecule has 2 amide bonds. The van der Waals surface area contributed by atoms with E-state index in [2.05, 4.69) is 11.1 Å². The van der Waals surface area contributed by atoms with E-state index in [4.69, 9.17) is 14.2 Å². The van der Waals surface area contributed by atoms with Crippen LogP contribution in [-0.2, 0) is 22.4 Å². The van der Waals surface area contributed by atoms with Crippen molar-refractivity contribution in [2.24, 2.45) is 0 Å². The molecule has 206 valence electrons. The second-order valence-corrected chi connectivity index (χ2v) is 10.2. The van der Waals surface area contributed by atoms with Gasteiger partial charge in [-0.25, -0.2) is 0 Å². The van der Waals surface area contributed by atoms with Gasteiger partial charge >= 0.3 is 0 Å². The number of nitrogens with zero attached hydrogens (tertiary/aromatic N) is 2. The molecule has 40 heavy (non-hydrogen) atoms. The molecule has 8 heteroatoms. The fraction of sp³-hybridized carbons (Fsp3) is 0.312. The lowest BCUT2D eigenvalue weighted by atomic mass is 9.86. The van der Waals surface area contributed by atoms with Crippen molar-refractivity contribution < 1.29 is 23.8 Å². The number of ether oxygens (including phenoxy) is 3. The van der Waals surface area contributed by atoms with Crippen molar-refractivity contribution in [3.8, 4) is 17.2 Å². The van der Waals surface area contributed by atoms with Crippen molar-refractivity contribution in [2.45, 2.75) is 31.8 Å². The first kappa shape index (κ1) is 25.8. The van der Waals surface area contributed by atoms with Gasteiger partial charge in [-0.1, -0.05) is 42.5 Å². The van der Waals surface area contributed by atoms with Crippen LogP contribution in [0.1, 0.15) is 35.3 Å². The third kappa shape index (κ3) is 4.33. The Kier molecular flexibility index (Phi) is 6.84. The second-order valence-electron chi connectivity index (χ2n) is 10.2. The first-order chi connectivity index (χ1) is 19.5. The average molecular weight is 540 g/mol. The predicted molar refractivity (Wildman–Crippen MR) is 152 cm³/mol. The number of para-hydroxylation sites is 2. The summed E-state index contributed by atoms with van der Waals surface area (Å²) in [5.41, 5.74) is 4.91. The molecule has 2 atom stereocenters. The van der Waals surface area contributed by atoms with Crippen LogP contribution >= 0.6 is 0 Å². The van der Waals surface area contributed by atoms with Crippen LogP contribution in [0.15, 0.2) is 66.7 Å². The van der Waals surface area contributed by atoms with Gasteiger partial charge in [-0.05, 0) is 48.7 Å². The molecule has 0 spiro atoms. The summed E-state index contributed by atoms with van der Waals surface area (Å²) in [6.07, 6.45) is 1.06. The molecule has 1 aromatic heterocycles. The van der Waals surface area contributed by atoms with Crippen molar-refractivity contribution in [1.29, 1.82) is 0 Å². The number of carbonyl (C=O) groups excluding carboxylic acids is 2. The summed E-state index contributed by atoms with van der Waals surface area (Å²) in [5.74, 6) is 1.91. The molecule has 3 heterocycles. The topological polar surface area (TPSA) is 84.1 Å². The molecule has 2 aliphatic rings. The molecule has 1 fully saturated rings. The maximum atomic E-state index is 14.1. The Bertz CT molecular complexity index is 1580. The molecule has 6 rings (SSSR count). The summed E-state index contributed by atoms with van der Waals surface area (Å²) in [6, 6.07) is 20.6. The van der Waals surface area contributed by atoms with Crippen LogP contribution in [0.4, 0.5) is 0 Å². The van der Waals surface area contributed by atoms with Gasteiger partial charge in [-0.3, -0.25) is 9.59 Å². The van der Waals surface area contributed by atoms with E-state index in [1.54, 1.807) is 24.0 Å². The lowest BCUT2D eigenvalue weighted by Crippen LogP contribution is -2.63. The maximum absolute atomic E-state index is 14.1. The molecule has 0 bridgehead atoms. The first-order valence-corrected chi connectivity index (χ1v) is 13.7. The predicted octanol–water partition coefficient (Wildman–Crippen LogP) is 4.51. The van der Waals surface area contributed by atoms with Gasteiger partial charge in [0.1, 0.15) is 17.8 Å². The summed E-state index contributed by atoms with van der Waals surface area (Å²) in [4.78, 5) is 35.0. The van der Waals surface area contributed by atoms with Crippen molar-refractivity contribution in [2.75, 3.05) is 33.9 Å². The minimum absolute atomic E-state index is 0.0325. The van der Waals surface area contributed by atoms with E-state index in [0.717, 1.165) is 39.0 Å². The molecular weight excluding hydrogens is 506 g/mol. The van der Waals surface area contributed by atoms with E-state index in [9.17, 15) is 9.59 Å². The number of methoxy groups -OCH3 is 2. The Balaban J connectivity index is 1.36. The quantitative estimate of drug-likeness (QED) is 0.356. The van der Waals surface area contributed by atoms with Gasteiger partial charge < -0.3 is 29.0 Å². The van der Waals surface area contributed by atoms with Crippen LogP contribution in [0.3, 0.4) is 0 Å². The van der Waals surface area contributed by atoms with E-state index in [-0.39, 0.29) is 18.4 Å². The number of aromatic amines is 1. The molecule has 8 nitrogen and oxygen atoms in total. The molecule has 0 saturated carbocycles.